The number of rotatable bonds is 1. The van der Waals surface area contributed by atoms with E-state index in [1.165, 1.54) is 37.6 Å². The maximum atomic E-state index is 13.2. The number of aromatic nitrogens is 1. The standard InChI is InChI=1S/C14H8F2N2O4/c1-20-13(19)18-6-5-8(10(18)7-17)9-3-2-4-11-12(9)22-14(15,16)21-11/h2-6H,1H3. The number of hydrogen-bond donors (Lipinski definition) is 0. The zero-order chi connectivity index (χ0) is 15.9. The Kier molecular flexibility index (Phi) is 2.99. The molecule has 0 spiro atoms. The molecule has 1 aliphatic rings. The lowest BCUT2D eigenvalue weighted by Crippen LogP contribution is -2.26. The van der Waals surface area contributed by atoms with Crippen molar-refractivity contribution in [3.05, 3.63) is 36.2 Å². The number of para-hydroxylation sites is 1. The highest BCUT2D eigenvalue weighted by Crippen LogP contribution is 2.47. The molecule has 1 aromatic heterocycles. The van der Waals surface area contributed by atoms with E-state index in [1.54, 1.807) is 0 Å². The summed E-state index contributed by atoms with van der Waals surface area (Å²) in [6.07, 6.45) is -3.22. The lowest BCUT2D eigenvalue weighted by atomic mass is 10.0. The van der Waals surface area contributed by atoms with E-state index >= 15 is 0 Å². The van der Waals surface area contributed by atoms with Crippen molar-refractivity contribution in [2.45, 2.75) is 6.29 Å². The van der Waals surface area contributed by atoms with E-state index in [1.807, 2.05) is 6.07 Å². The van der Waals surface area contributed by atoms with Gasteiger partial charge in [-0.3, -0.25) is 0 Å². The Balaban J connectivity index is 2.16. The summed E-state index contributed by atoms with van der Waals surface area (Å²) >= 11 is 0. The molecule has 22 heavy (non-hydrogen) atoms. The van der Waals surface area contributed by atoms with Crippen LogP contribution in [0.2, 0.25) is 0 Å². The van der Waals surface area contributed by atoms with Crippen molar-refractivity contribution < 1.29 is 27.8 Å². The first-order valence-corrected chi connectivity index (χ1v) is 6.06. The van der Waals surface area contributed by atoms with Crippen molar-refractivity contribution in [3.63, 3.8) is 0 Å². The van der Waals surface area contributed by atoms with Gasteiger partial charge in [-0.15, -0.1) is 8.78 Å². The van der Waals surface area contributed by atoms with Crippen LogP contribution < -0.4 is 9.47 Å². The summed E-state index contributed by atoms with van der Waals surface area (Å²) in [6, 6.07) is 7.58. The molecule has 1 aliphatic heterocycles. The van der Waals surface area contributed by atoms with Crippen LogP contribution in [0.15, 0.2) is 30.5 Å². The van der Waals surface area contributed by atoms with Gasteiger partial charge in [-0.25, -0.2) is 9.36 Å². The highest BCUT2D eigenvalue weighted by molar-refractivity contribution is 5.82. The summed E-state index contributed by atoms with van der Waals surface area (Å²) in [5, 5.41) is 9.25. The lowest BCUT2D eigenvalue weighted by molar-refractivity contribution is -0.286. The average Bonchev–Trinajstić information content (AvgIpc) is 3.04. The molecular formula is C14H8F2N2O4. The lowest BCUT2D eigenvalue weighted by Gasteiger charge is -2.07. The number of hydrogen-bond acceptors (Lipinski definition) is 5. The third kappa shape index (κ3) is 2.03. The van der Waals surface area contributed by atoms with E-state index < -0.39 is 12.4 Å². The third-order valence-corrected chi connectivity index (χ3v) is 3.08. The Bertz CT molecular complexity index is 808. The first kappa shape index (κ1) is 13.9. The highest BCUT2D eigenvalue weighted by Gasteiger charge is 2.44. The minimum Gasteiger partial charge on any atom is -0.452 e. The van der Waals surface area contributed by atoms with Crippen LogP contribution >= 0.6 is 0 Å². The van der Waals surface area contributed by atoms with Gasteiger partial charge in [0.05, 0.1) is 7.11 Å². The van der Waals surface area contributed by atoms with Crippen LogP contribution in [0.3, 0.4) is 0 Å². The number of fused-ring (bicyclic) bond motifs is 1. The fourth-order valence-corrected chi connectivity index (χ4v) is 2.20. The molecule has 112 valence electrons. The predicted octanol–water partition coefficient (Wildman–Crippen LogP) is 2.96. The quantitative estimate of drug-likeness (QED) is 0.810. The van der Waals surface area contributed by atoms with Gasteiger partial charge in [-0.1, -0.05) is 12.1 Å². The van der Waals surface area contributed by atoms with E-state index in [-0.39, 0.29) is 28.3 Å². The van der Waals surface area contributed by atoms with E-state index in [0.717, 1.165) is 4.57 Å². The molecule has 2 aromatic rings. The fraction of sp³-hybridized carbons (Fsp3) is 0.143. The number of nitriles is 1. The largest absolute Gasteiger partial charge is 0.586 e. The van der Waals surface area contributed by atoms with E-state index in [9.17, 15) is 18.8 Å². The molecule has 0 aliphatic carbocycles. The molecule has 0 radical (unpaired) electrons. The highest BCUT2D eigenvalue weighted by atomic mass is 19.3. The summed E-state index contributed by atoms with van der Waals surface area (Å²) in [5.74, 6) is -0.330. The maximum absolute atomic E-state index is 13.2. The Morgan fingerprint density at radius 3 is 2.77 bits per heavy atom. The SMILES string of the molecule is COC(=O)n1ccc(-c2cccc3c2OC(F)(F)O3)c1C#N. The zero-order valence-corrected chi connectivity index (χ0v) is 11.2. The molecule has 0 saturated carbocycles. The van der Waals surface area contributed by atoms with Crippen LogP contribution in [0.4, 0.5) is 13.6 Å². The second-order valence-electron chi connectivity index (χ2n) is 4.33. The number of methoxy groups -OCH3 is 1. The van der Waals surface area contributed by atoms with Gasteiger partial charge in [0.2, 0.25) is 0 Å². The van der Waals surface area contributed by atoms with Crippen LogP contribution in [0, 0.1) is 11.3 Å². The minimum atomic E-state index is -3.77. The van der Waals surface area contributed by atoms with Gasteiger partial charge in [-0.2, -0.15) is 5.26 Å². The van der Waals surface area contributed by atoms with Gasteiger partial charge in [0.15, 0.2) is 11.5 Å². The Morgan fingerprint density at radius 1 is 1.32 bits per heavy atom. The normalized spacial score (nSPS) is 14.5. The molecule has 8 heteroatoms. The molecule has 0 saturated heterocycles. The summed E-state index contributed by atoms with van der Waals surface area (Å²) in [5.41, 5.74) is 0.416. The van der Waals surface area contributed by atoms with E-state index in [2.05, 4.69) is 14.2 Å². The molecule has 6 nitrogen and oxygen atoms in total. The first-order chi connectivity index (χ1) is 10.5. The second-order valence-corrected chi connectivity index (χ2v) is 4.33. The molecule has 0 bridgehead atoms. The van der Waals surface area contributed by atoms with Crippen molar-refractivity contribution in [2.75, 3.05) is 7.11 Å². The van der Waals surface area contributed by atoms with E-state index in [4.69, 9.17) is 0 Å². The molecule has 0 amide bonds. The van der Waals surface area contributed by atoms with E-state index in [0.29, 0.717) is 0 Å². The van der Waals surface area contributed by atoms with Gasteiger partial charge in [0.1, 0.15) is 11.8 Å². The summed E-state index contributed by atoms with van der Waals surface area (Å²) in [6.45, 7) is 0. The monoisotopic (exact) mass is 306 g/mol. The van der Waals surface area contributed by atoms with Crippen LogP contribution in [0.5, 0.6) is 11.5 Å². The number of alkyl halides is 2. The van der Waals surface area contributed by atoms with Crippen LogP contribution in [0.25, 0.3) is 11.1 Å². The number of halogens is 2. The van der Waals surface area contributed by atoms with Crippen molar-refractivity contribution in [1.29, 1.82) is 5.26 Å². The van der Waals surface area contributed by atoms with Crippen LogP contribution in [-0.2, 0) is 4.74 Å². The Morgan fingerprint density at radius 2 is 2.09 bits per heavy atom. The second kappa shape index (κ2) is 4.73. The Labute approximate surface area is 123 Å². The first-order valence-electron chi connectivity index (χ1n) is 6.06. The van der Waals surface area contributed by atoms with Gasteiger partial charge >= 0.3 is 12.4 Å². The van der Waals surface area contributed by atoms with Gasteiger partial charge in [0, 0.05) is 17.3 Å². The smallest absolute Gasteiger partial charge is 0.452 e. The molecule has 0 unspecified atom stereocenters. The van der Waals surface area contributed by atoms with Gasteiger partial charge in [0.25, 0.3) is 0 Å². The van der Waals surface area contributed by atoms with Crippen molar-refractivity contribution in [1.82, 2.24) is 4.57 Å². The Hall–Kier alpha value is -3.08. The molecular weight excluding hydrogens is 298 g/mol. The summed E-state index contributed by atoms with van der Waals surface area (Å²) in [4.78, 5) is 11.6. The molecule has 0 atom stereocenters. The number of ether oxygens (including phenoxy) is 3. The number of benzene rings is 1. The number of nitrogens with zero attached hydrogens (tertiary/aromatic N) is 2. The average molecular weight is 306 g/mol. The maximum Gasteiger partial charge on any atom is 0.586 e. The van der Waals surface area contributed by atoms with Crippen LogP contribution in [-0.4, -0.2) is 24.1 Å². The predicted molar refractivity (Wildman–Crippen MR) is 68.6 cm³/mol. The zero-order valence-electron chi connectivity index (χ0n) is 11.2. The molecule has 3 rings (SSSR count). The van der Waals surface area contributed by atoms with Crippen molar-refractivity contribution in [3.8, 4) is 28.7 Å². The molecule has 0 N–H and O–H groups in total. The fourth-order valence-electron chi connectivity index (χ4n) is 2.20. The number of carbonyl (C=O) groups excluding carboxylic acids is 1. The van der Waals surface area contributed by atoms with Gasteiger partial charge < -0.3 is 14.2 Å². The van der Waals surface area contributed by atoms with Crippen molar-refractivity contribution >= 4 is 6.09 Å². The summed E-state index contributed by atoms with van der Waals surface area (Å²) in [7, 11) is 1.17. The topological polar surface area (TPSA) is 73.5 Å². The minimum absolute atomic E-state index is 0.0564. The molecule has 1 aromatic carbocycles. The van der Waals surface area contributed by atoms with Crippen LogP contribution in [0.1, 0.15) is 5.69 Å². The summed E-state index contributed by atoms with van der Waals surface area (Å²) < 4.78 is 40.8. The van der Waals surface area contributed by atoms with Crippen molar-refractivity contribution in [2.24, 2.45) is 0 Å². The molecule has 2 heterocycles. The number of carbonyl (C=O) groups is 1. The third-order valence-electron chi connectivity index (χ3n) is 3.08. The van der Waals surface area contributed by atoms with Gasteiger partial charge in [-0.05, 0) is 12.1 Å². The molecule has 0 fully saturated rings.